The van der Waals surface area contributed by atoms with Gasteiger partial charge in [-0.25, -0.2) is 0 Å². The zero-order valence-electron chi connectivity index (χ0n) is 14.3. The van der Waals surface area contributed by atoms with Crippen molar-refractivity contribution in [3.05, 3.63) is 41.5 Å². The topological polar surface area (TPSA) is 18.5 Å². The van der Waals surface area contributed by atoms with Gasteiger partial charge in [-0.2, -0.15) is 0 Å². The minimum atomic E-state index is -0.275. The van der Waals surface area contributed by atoms with Crippen LogP contribution in [0.4, 0.5) is 0 Å². The molecule has 1 aromatic carbocycles. The van der Waals surface area contributed by atoms with Gasteiger partial charge < -0.3 is 9.31 Å². The Kier molecular flexibility index (Phi) is 4.22. The normalized spacial score (nSPS) is 23.5. The van der Waals surface area contributed by atoms with Gasteiger partial charge in [0.1, 0.15) is 0 Å². The van der Waals surface area contributed by atoms with Gasteiger partial charge in [-0.3, -0.25) is 0 Å². The molecular weight excluding hydrogens is 271 g/mol. The van der Waals surface area contributed by atoms with Crippen molar-refractivity contribution in [1.29, 1.82) is 0 Å². The van der Waals surface area contributed by atoms with Crippen LogP contribution >= 0.6 is 0 Å². The molecule has 22 heavy (non-hydrogen) atoms. The van der Waals surface area contributed by atoms with Crippen LogP contribution in [0.15, 0.2) is 35.9 Å². The van der Waals surface area contributed by atoms with E-state index in [2.05, 4.69) is 58.0 Å². The summed E-state index contributed by atoms with van der Waals surface area (Å²) >= 11 is 0. The van der Waals surface area contributed by atoms with E-state index in [-0.39, 0.29) is 18.3 Å². The predicted octanol–water partition coefficient (Wildman–Crippen LogP) is 4.03. The average molecular weight is 298 g/mol. The van der Waals surface area contributed by atoms with E-state index < -0.39 is 0 Å². The molecule has 1 aromatic rings. The molecule has 0 unspecified atom stereocenters. The highest BCUT2D eigenvalue weighted by Gasteiger charge is 2.51. The van der Waals surface area contributed by atoms with Crippen molar-refractivity contribution in [3.8, 4) is 0 Å². The molecular formula is C19H27BO2. The Morgan fingerprint density at radius 1 is 0.955 bits per heavy atom. The molecule has 1 aliphatic heterocycles. The van der Waals surface area contributed by atoms with Crippen molar-refractivity contribution in [3.63, 3.8) is 0 Å². The number of hydrogen-bond donors (Lipinski definition) is 0. The van der Waals surface area contributed by atoms with E-state index in [0.29, 0.717) is 0 Å². The maximum atomic E-state index is 6.11. The van der Waals surface area contributed by atoms with Crippen LogP contribution < -0.4 is 5.46 Å². The lowest BCUT2D eigenvalue weighted by atomic mass is 9.78. The summed E-state index contributed by atoms with van der Waals surface area (Å²) in [6.07, 6.45) is 8.72. The van der Waals surface area contributed by atoms with Gasteiger partial charge >= 0.3 is 7.12 Å². The minimum Gasteiger partial charge on any atom is -0.399 e. The van der Waals surface area contributed by atoms with Crippen molar-refractivity contribution in [2.75, 3.05) is 0 Å². The molecule has 0 atom stereocenters. The molecule has 3 heteroatoms. The fraction of sp³-hybridized carbons (Fsp3) is 0.579. The SMILES string of the molecule is CC1(C)OB(c2ccc(CC3=CCCCC3)cc2)OC1(C)C. The molecule has 2 aliphatic rings. The molecule has 0 saturated carbocycles. The van der Waals surface area contributed by atoms with E-state index in [1.165, 1.54) is 31.2 Å². The smallest absolute Gasteiger partial charge is 0.399 e. The van der Waals surface area contributed by atoms with Crippen molar-refractivity contribution in [2.45, 2.75) is 71.0 Å². The number of hydrogen-bond acceptors (Lipinski definition) is 2. The van der Waals surface area contributed by atoms with Crippen LogP contribution in [-0.2, 0) is 15.7 Å². The van der Waals surface area contributed by atoms with Crippen LogP contribution in [0.2, 0.25) is 0 Å². The highest BCUT2D eigenvalue weighted by atomic mass is 16.7. The number of rotatable bonds is 3. The van der Waals surface area contributed by atoms with E-state index in [9.17, 15) is 0 Å². The van der Waals surface area contributed by atoms with E-state index >= 15 is 0 Å². The molecule has 1 saturated heterocycles. The standard InChI is InChI=1S/C19H27BO2/c1-18(2)19(3,4)22-20(21-18)17-12-10-16(11-13-17)14-15-8-6-5-7-9-15/h8,10-13H,5-7,9,14H2,1-4H3. The summed E-state index contributed by atoms with van der Waals surface area (Å²) in [6.45, 7) is 8.38. The van der Waals surface area contributed by atoms with Gasteiger partial charge in [-0.1, -0.05) is 35.9 Å². The van der Waals surface area contributed by atoms with Gasteiger partial charge in [0.05, 0.1) is 11.2 Å². The second-order valence-electron chi connectivity index (χ2n) is 7.61. The maximum Gasteiger partial charge on any atom is 0.494 e. The molecule has 0 spiro atoms. The summed E-state index contributed by atoms with van der Waals surface area (Å²) in [4.78, 5) is 0. The quantitative estimate of drug-likeness (QED) is 0.619. The third-order valence-electron chi connectivity index (χ3n) is 5.32. The Bertz CT molecular complexity index is 541. The lowest BCUT2D eigenvalue weighted by Crippen LogP contribution is -2.41. The summed E-state index contributed by atoms with van der Waals surface area (Å²) in [6, 6.07) is 8.74. The van der Waals surface area contributed by atoms with Gasteiger partial charge in [0.25, 0.3) is 0 Å². The lowest BCUT2D eigenvalue weighted by molar-refractivity contribution is 0.00578. The molecule has 118 valence electrons. The summed E-state index contributed by atoms with van der Waals surface area (Å²) in [5, 5.41) is 0. The van der Waals surface area contributed by atoms with Gasteiger partial charge in [-0.05, 0) is 70.8 Å². The molecule has 0 aromatic heterocycles. The van der Waals surface area contributed by atoms with Crippen molar-refractivity contribution >= 4 is 12.6 Å². The van der Waals surface area contributed by atoms with E-state index in [1.54, 1.807) is 5.57 Å². The van der Waals surface area contributed by atoms with Crippen LogP contribution in [0.25, 0.3) is 0 Å². The van der Waals surface area contributed by atoms with Crippen molar-refractivity contribution in [2.24, 2.45) is 0 Å². The lowest BCUT2D eigenvalue weighted by Gasteiger charge is -2.32. The molecule has 0 bridgehead atoms. The molecule has 1 heterocycles. The zero-order chi connectivity index (χ0) is 15.8. The minimum absolute atomic E-state index is 0.257. The Morgan fingerprint density at radius 2 is 1.59 bits per heavy atom. The Labute approximate surface area is 135 Å². The van der Waals surface area contributed by atoms with Crippen LogP contribution in [0.5, 0.6) is 0 Å². The first-order valence-electron chi connectivity index (χ1n) is 8.50. The van der Waals surface area contributed by atoms with Crippen molar-refractivity contribution in [1.82, 2.24) is 0 Å². The maximum absolute atomic E-state index is 6.11. The Hall–Kier alpha value is -1.06. The van der Waals surface area contributed by atoms with Gasteiger partial charge in [0.2, 0.25) is 0 Å². The summed E-state index contributed by atoms with van der Waals surface area (Å²) in [5.41, 5.74) is 3.54. The second-order valence-corrected chi connectivity index (χ2v) is 7.61. The molecule has 0 amide bonds. The van der Waals surface area contributed by atoms with E-state index in [4.69, 9.17) is 9.31 Å². The number of benzene rings is 1. The third kappa shape index (κ3) is 3.16. The summed E-state index contributed by atoms with van der Waals surface area (Å²) in [5.74, 6) is 0. The van der Waals surface area contributed by atoms with Crippen molar-refractivity contribution < 1.29 is 9.31 Å². The fourth-order valence-electron chi connectivity index (χ4n) is 3.10. The summed E-state index contributed by atoms with van der Waals surface area (Å²) < 4.78 is 12.2. The monoisotopic (exact) mass is 298 g/mol. The average Bonchev–Trinajstić information content (AvgIpc) is 2.69. The summed E-state index contributed by atoms with van der Waals surface area (Å²) in [7, 11) is -0.257. The van der Waals surface area contributed by atoms with Crippen LogP contribution in [0.3, 0.4) is 0 Å². The number of allylic oxidation sites excluding steroid dienone is 2. The molecule has 0 radical (unpaired) electrons. The Morgan fingerprint density at radius 3 is 2.14 bits per heavy atom. The molecule has 2 nitrogen and oxygen atoms in total. The van der Waals surface area contributed by atoms with Gasteiger partial charge in [0, 0.05) is 0 Å². The highest BCUT2D eigenvalue weighted by molar-refractivity contribution is 6.62. The first-order valence-corrected chi connectivity index (χ1v) is 8.50. The van der Waals surface area contributed by atoms with Gasteiger partial charge in [-0.15, -0.1) is 0 Å². The van der Waals surface area contributed by atoms with Crippen LogP contribution in [0, 0.1) is 0 Å². The first kappa shape index (κ1) is 15.8. The molecule has 3 rings (SSSR count). The molecule has 1 aliphatic carbocycles. The van der Waals surface area contributed by atoms with E-state index in [1.807, 2.05) is 0 Å². The molecule has 0 N–H and O–H groups in total. The third-order valence-corrected chi connectivity index (χ3v) is 5.32. The molecule has 1 fully saturated rings. The zero-order valence-corrected chi connectivity index (χ0v) is 14.3. The van der Waals surface area contributed by atoms with E-state index in [0.717, 1.165) is 11.9 Å². The van der Waals surface area contributed by atoms with Gasteiger partial charge in [0.15, 0.2) is 0 Å². The van der Waals surface area contributed by atoms with Crippen LogP contribution in [-0.4, -0.2) is 18.3 Å². The highest BCUT2D eigenvalue weighted by Crippen LogP contribution is 2.36. The largest absolute Gasteiger partial charge is 0.494 e. The fourth-order valence-corrected chi connectivity index (χ4v) is 3.10. The first-order chi connectivity index (χ1) is 10.4. The van der Waals surface area contributed by atoms with Crippen LogP contribution in [0.1, 0.15) is 58.9 Å². The predicted molar refractivity (Wildman–Crippen MR) is 92.4 cm³/mol. The second kappa shape index (κ2) is 5.86. The Balaban J connectivity index is 1.68.